The van der Waals surface area contributed by atoms with Gasteiger partial charge in [-0.1, -0.05) is 0 Å². The maximum atomic E-state index is 11.5. The van der Waals surface area contributed by atoms with Gasteiger partial charge in [-0.2, -0.15) is 0 Å². The number of rotatable bonds is 3. The minimum atomic E-state index is -0.414. The molecule has 2 N–H and O–H groups in total. The number of hydrogen-bond acceptors (Lipinski definition) is 3. The maximum absolute atomic E-state index is 11.5. The molecule has 1 fully saturated rings. The van der Waals surface area contributed by atoms with Crippen LogP contribution in [0.2, 0.25) is 0 Å². The predicted octanol–water partition coefficient (Wildman–Crippen LogP) is -0.422. The molecule has 1 aliphatic heterocycles. The summed E-state index contributed by atoms with van der Waals surface area (Å²) >= 11 is 0. The van der Waals surface area contributed by atoms with Crippen molar-refractivity contribution in [3.63, 3.8) is 0 Å². The van der Waals surface area contributed by atoms with Gasteiger partial charge in [-0.3, -0.25) is 4.79 Å². The van der Waals surface area contributed by atoms with Crippen molar-refractivity contribution in [3.8, 4) is 0 Å². The molecular weight excluding hydrogens is 168 g/mol. The molecule has 0 unspecified atom stereocenters. The zero-order chi connectivity index (χ0) is 9.84. The summed E-state index contributed by atoms with van der Waals surface area (Å²) in [5.41, 5.74) is 0. The van der Waals surface area contributed by atoms with Crippen LogP contribution in [0.25, 0.3) is 0 Å². The molecule has 1 amide bonds. The van der Waals surface area contributed by atoms with E-state index in [1.165, 1.54) is 0 Å². The summed E-state index contributed by atoms with van der Waals surface area (Å²) in [7, 11) is 1.76. The van der Waals surface area contributed by atoms with E-state index >= 15 is 0 Å². The van der Waals surface area contributed by atoms with Crippen LogP contribution in [0.15, 0.2) is 0 Å². The third-order valence-electron chi connectivity index (χ3n) is 2.50. The summed E-state index contributed by atoms with van der Waals surface area (Å²) in [6, 6.07) is 0.0286. The second-order valence-corrected chi connectivity index (χ2v) is 3.57. The summed E-state index contributed by atoms with van der Waals surface area (Å²) in [6.45, 7) is 2.90. The van der Waals surface area contributed by atoms with Gasteiger partial charge in [0.2, 0.25) is 5.91 Å². The number of aliphatic hydroxyl groups is 1. The number of carbonyl (C=O) groups excluding carboxylic acids is 1. The molecule has 1 aliphatic rings. The fraction of sp³-hybridized carbons (Fsp3) is 0.889. The molecule has 0 aromatic rings. The normalized spacial score (nSPS) is 24.8. The Morgan fingerprint density at radius 2 is 2.46 bits per heavy atom. The van der Waals surface area contributed by atoms with Crippen molar-refractivity contribution < 1.29 is 9.90 Å². The van der Waals surface area contributed by atoms with Crippen molar-refractivity contribution in [2.45, 2.75) is 31.9 Å². The van der Waals surface area contributed by atoms with Crippen LogP contribution in [0.1, 0.15) is 19.8 Å². The highest BCUT2D eigenvalue weighted by Crippen LogP contribution is 2.19. The second kappa shape index (κ2) is 4.58. The first-order valence-electron chi connectivity index (χ1n) is 4.79. The van der Waals surface area contributed by atoms with Gasteiger partial charge in [-0.15, -0.1) is 0 Å². The third-order valence-corrected chi connectivity index (χ3v) is 2.50. The third kappa shape index (κ3) is 2.42. The molecule has 2 atom stereocenters. The molecule has 13 heavy (non-hydrogen) atoms. The molecule has 4 nitrogen and oxygen atoms in total. The van der Waals surface area contributed by atoms with Gasteiger partial charge in [-0.25, -0.2) is 0 Å². The Hall–Kier alpha value is -0.610. The van der Waals surface area contributed by atoms with Crippen LogP contribution in [0, 0.1) is 0 Å². The molecule has 0 aromatic carbocycles. The van der Waals surface area contributed by atoms with E-state index in [0.717, 1.165) is 19.4 Å². The molecule has 76 valence electrons. The number of aliphatic hydroxyl groups excluding tert-OH is 1. The highest BCUT2D eigenvalue weighted by atomic mass is 16.3. The second-order valence-electron chi connectivity index (χ2n) is 3.57. The van der Waals surface area contributed by atoms with Crippen molar-refractivity contribution in [2.75, 3.05) is 20.1 Å². The first-order valence-corrected chi connectivity index (χ1v) is 4.79. The highest BCUT2D eigenvalue weighted by molar-refractivity contribution is 5.78. The molecule has 0 aromatic heterocycles. The van der Waals surface area contributed by atoms with Crippen molar-refractivity contribution in [1.29, 1.82) is 0 Å². The lowest BCUT2D eigenvalue weighted by Crippen LogP contribution is -2.44. The average Bonchev–Trinajstić information content (AvgIpc) is 2.52. The number of amides is 1. The Morgan fingerprint density at radius 1 is 1.77 bits per heavy atom. The zero-order valence-electron chi connectivity index (χ0n) is 8.29. The van der Waals surface area contributed by atoms with Crippen LogP contribution >= 0.6 is 0 Å². The monoisotopic (exact) mass is 186 g/mol. The summed E-state index contributed by atoms with van der Waals surface area (Å²) in [5.74, 6) is 0.0888. The first-order chi connectivity index (χ1) is 6.16. The SMILES string of the molecule is CNCC(=O)N1CCC[C@H]1[C@H](C)O. The number of likely N-dealkylation sites (tertiary alicyclic amines) is 1. The van der Waals surface area contributed by atoms with Gasteiger partial charge in [0, 0.05) is 6.54 Å². The molecule has 0 radical (unpaired) electrons. The van der Waals surface area contributed by atoms with E-state index < -0.39 is 6.10 Å². The molecule has 1 rings (SSSR count). The predicted molar refractivity (Wildman–Crippen MR) is 50.3 cm³/mol. The van der Waals surface area contributed by atoms with E-state index in [1.54, 1.807) is 18.9 Å². The number of likely N-dealkylation sites (N-methyl/N-ethyl adjacent to an activating group) is 1. The largest absolute Gasteiger partial charge is 0.391 e. The summed E-state index contributed by atoms with van der Waals surface area (Å²) in [6.07, 6.45) is 1.52. The summed E-state index contributed by atoms with van der Waals surface area (Å²) < 4.78 is 0. The summed E-state index contributed by atoms with van der Waals surface area (Å²) in [4.78, 5) is 13.3. The van der Waals surface area contributed by atoms with Crippen molar-refractivity contribution in [1.82, 2.24) is 10.2 Å². The fourth-order valence-electron chi connectivity index (χ4n) is 1.86. The molecular formula is C9H18N2O2. The molecule has 0 saturated carbocycles. The van der Waals surface area contributed by atoms with Gasteiger partial charge < -0.3 is 15.3 Å². The zero-order valence-corrected chi connectivity index (χ0v) is 8.29. The molecule has 0 aliphatic carbocycles. The summed E-state index contributed by atoms with van der Waals surface area (Å²) in [5, 5.41) is 12.3. The van der Waals surface area contributed by atoms with Gasteiger partial charge in [-0.05, 0) is 26.8 Å². The van der Waals surface area contributed by atoms with E-state index in [9.17, 15) is 9.90 Å². The Morgan fingerprint density at radius 3 is 3.00 bits per heavy atom. The fourth-order valence-corrected chi connectivity index (χ4v) is 1.86. The molecule has 1 heterocycles. The minimum Gasteiger partial charge on any atom is -0.391 e. The van der Waals surface area contributed by atoms with E-state index in [4.69, 9.17) is 0 Å². The van der Waals surface area contributed by atoms with Crippen LogP contribution in [-0.2, 0) is 4.79 Å². The van der Waals surface area contributed by atoms with Crippen molar-refractivity contribution >= 4 is 5.91 Å². The Bertz CT molecular complexity index is 182. The lowest BCUT2D eigenvalue weighted by molar-refractivity contribution is -0.132. The van der Waals surface area contributed by atoms with Gasteiger partial charge in [0.1, 0.15) is 0 Å². The van der Waals surface area contributed by atoms with Crippen molar-refractivity contribution in [2.24, 2.45) is 0 Å². The standard InChI is InChI=1S/C9H18N2O2/c1-7(12)8-4-3-5-11(8)9(13)6-10-2/h7-8,10,12H,3-6H2,1-2H3/t7-,8-/m0/s1. The Balaban J connectivity index is 2.52. The quantitative estimate of drug-likeness (QED) is 0.629. The van der Waals surface area contributed by atoms with Crippen LogP contribution in [-0.4, -0.2) is 48.2 Å². The number of hydrogen-bond donors (Lipinski definition) is 2. The van der Waals surface area contributed by atoms with E-state index in [0.29, 0.717) is 6.54 Å². The van der Waals surface area contributed by atoms with Crippen LogP contribution in [0.5, 0.6) is 0 Å². The molecule has 0 spiro atoms. The van der Waals surface area contributed by atoms with E-state index in [-0.39, 0.29) is 11.9 Å². The first kappa shape index (κ1) is 10.5. The minimum absolute atomic E-state index is 0.0286. The highest BCUT2D eigenvalue weighted by Gasteiger charge is 2.31. The Kier molecular flexibility index (Phi) is 3.69. The topological polar surface area (TPSA) is 52.6 Å². The lowest BCUT2D eigenvalue weighted by Gasteiger charge is -2.26. The number of nitrogens with zero attached hydrogens (tertiary/aromatic N) is 1. The van der Waals surface area contributed by atoms with Gasteiger partial charge >= 0.3 is 0 Å². The van der Waals surface area contributed by atoms with Gasteiger partial charge in [0.05, 0.1) is 18.7 Å². The molecule has 4 heteroatoms. The molecule has 1 saturated heterocycles. The number of nitrogens with one attached hydrogen (secondary N) is 1. The van der Waals surface area contributed by atoms with E-state index in [2.05, 4.69) is 5.32 Å². The van der Waals surface area contributed by atoms with Crippen molar-refractivity contribution in [3.05, 3.63) is 0 Å². The maximum Gasteiger partial charge on any atom is 0.236 e. The van der Waals surface area contributed by atoms with Crippen LogP contribution in [0.4, 0.5) is 0 Å². The van der Waals surface area contributed by atoms with Crippen LogP contribution < -0.4 is 5.32 Å². The van der Waals surface area contributed by atoms with Gasteiger partial charge in [0.25, 0.3) is 0 Å². The van der Waals surface area contributed by atoms with E-state index in [1.807, 2.05) is 0 Å². The lowest BCUT2D eigenvalue weighted by atomic mass is 10.1. The van der Waals surface area contributed by atoms with Crippen LogP contribution in [0.3, 0.4) is 0 Å². The average molecular weight is 186 g/mol. The van der Waals surface area contributed by atoms with Gasteiger partial charge in [0.15, 0.2) is 0 Å². The number of carbonyl (C=O) groups is 1. The smallest absolute Gasteiger partial charge is 0.236 e. The Labute approximate surface area is 78.9 Å². The molecule has 0 bridgehead atoms.